The van der Waals surface area contributed by atoms with Gasteiger partial charge in [-0.2, -0.15) is 0 Å². The summed E-state index contributed by atoms with van der Waals surface area (Å²) in [6.45, 7) is 5.73. The first kappa shape index (κ1) is 22.7. The summed E-state index contributed by atoms with van der Waals surface area (Å²) in [7, 11) is 3.22. The molecular formula is C23H32FN5O2. The number of nitrogens with two attached hydrogens (primary N) is 1. The van der Waals surface area contributed by atoms with E-state index in [0.29, 0.717) is 29.7 Å². The Balaban J connectivity index is 1.35. The summed E-state index contributed by atoms with van der Waals surface area (Å²) in [5.74, 6) is 1.65. The van der Waals surface area contributed by atoms with Gasteiger partial charge < -0.3 is 25.4 Å². The highest BCUT2D eigenvalue weighted by Gasteiger charge is 2.18. The fraction of sp³-hybridized carbons (Fsp3) is 0.435. The highest BCUT2D eigenvalue weighted by atomic mass is 19.1. The highest BCUT2D eigenvalue weighted by Crippen LogP contribution is 2.27. The van der Waals surface area contributed by atoms with Gasteiger partial charge in [-0.15, -0.1) is 0 Å². The summed E-state index contributed by atoms with van der Waals surface area (Å²) in [6, 6.07) is 12.7. The first-order chi connectivity index (χ1) is 15.1. The van der Waals surface area contributed by atoms with Crippen LogP contribution in [0.15, 0.2) is 47.5 Å². The molecule has 0 radical (unpaired) electrons. The van der Waals surface area contributed by atoms with Crippen molar-refractivity contribution in [3.8, 4) is 11.5 Å². The summed E-state index contributed by atoms with van der Waals surface area (Å²) in [6.07, 6.45) is 0.965. The lowest BCUT2D eigenvalue weighted by Gasteiger charge is -2.36. The largest absolute Gasteiger partial charge is 0.493 e. The number of guanidine groups is 1. The van der Waals surface area contributed by atoms with Crippen LogP contribution in [0.5, 0.6) is 11.5 Å². The van der Waals surface area contributed by atoms with Crippen molar-refractivity contribution in [2.45, 2.75) is 13.0 Å². The summed E-state index contributed by atoms with van der Waals surface area (Å²) in [5.41, 5.74) is 7.68. The Morgan fingerprint density at radius 1 is 1.06 bits per heavy atom. The van der Waals surface area contributed by atoms with Crippen LogP contribution in [-0.4, -0.2) is 64.3 Å². The molecule has 0 unspecified atom stereocenters. The van der Waals surface area contributed by atoms with Crippen LogP contribution in [0.25, 0.3) is 0 Å². The molecule has 1 aliphatic heterocycles. The zero-order valence-electron chi connectivity index (χ0n) is 18.3. The van der Waals surface area contributed by atoms with E-state index in [4.69, 9.17) is 15.2 Å². The third-order valence-corrected chi connectivity index (χ3v) is 5.40. The molecule has 0 atom stereocenters. The van der Waals surface area contributed by atoms with Crippen LogP contribution in [0.3, 0.4) is 0 Å². The van der Waals surface area contributed by atoms with Crippen LogP contribution in [0.1, 0.15) is 12.0 Å². The Labute approximate surface area is 183 Å². The van der Waals surface area contributed by atoms with Gasteiger partial charge in [-0.1, -0.05) is 18.2 Å². The number of rotatable bonds is 9. The summed E-state index contributed by atoms with van der Waals surface area (Å²) < 4.78 is 24.5. The number of anilines is 1. The van der Waals surface area contributed by atoms with E-state index in [9.17, 15) is 4.39 Å². The Kier molecular flexibility index (Phi) is 8.35. The molecule has 0 aromatic heterocycles. The van der Waals surface area contributed by atoms with Crippen molar-refractivity contribution in [1.82, 2.24) is 10.2 Å². The van der Waals surface area contributed by atoms with Crippen molar-refractivity contribution >= 4 is 11.6 Å². The number of ether oxygens (including phenoxy) is 2. The van der Waals surface area contributed by atoms with Gasteiger partial charge in [0.2, 0.25) is 0 Å². The second-order valence-corrected chi connectivity index (χ2v) is 7.45. The van der Waals surface area contributed by atoms with Gasteiger partial charge in [-0.3, -0.25) is 4.90 Å². The van der Waals surface area contributed by atoms with E-state index in [0.717, 1.165) is 51.3 Å². The Bertz CT molecular complexity index is 869. The predicted octanol–water partition coefficient (Wildman–Crippen LogP) is 2.46. The Morgan fingerprint density at radius 2 is 1.81 bits per heavy atom. The molecule has 1 aliphatic rings. The zero-order chi connectivity index (χ0) is 22.1. The van der Waals surface area contributed by atoms with Crippen LogP contribution in [0, 0.1) is 5.82 Å². The highest BCUT2D eigenvalue weighted by molar-refractivity contribution is 5.77. The second-order valence-electron chi connectivity index (χ2n) is 7.45. The summed E-state index contributed by atoms with van der Waals surface area (Å²) in [5, 5.41) is 3.17. The summed E-state index contributed by atoms with van der Waals surface area (Å²) >= 11 is 0. The second kappa shape index (κ2) is 11.4. The first-order valence-corrected chi connectivity index (χ1v) is 10.6. The molecule has 3 rings (SSSR count). The van der Waals surface area contributed by atoms with Crippen molar-refractivity contribution in [2.75, 3.05) is 58.4 Å². The molecule has 1 heterocycles. The van der Waals surface area contributed by atoms with E-state index < -0.39 is 0 Å². The lowest BCUT2D eigenvalue weighted by Crippen LogP contribution is -2.47. The molecule has 2 aromatic rings. The van der Waals surface area contributed by atoms with E-state index in [-0.39, 0.29) is 5.82 Å². The zero-order valence-corrected chi connectivity index (χ0v) is 18.3. The number of hydrogen-bond acceptors (Lipinski definition) is 5. The molecule has 31 heavy (non-hydrogen) atoms. The fourth-order valence-corrected chi connectivity index (χ4v) is 3.65. The van der Waals surface area contributed by atoms with Gasteiger partial charge in [0.15, 0.2) is 17.5 Å². The van der Waals surface area contributed by atoms with Crippen LogP contribution >= 0.6 is 0 Å². The van der Waals surface area contributed by atoms with Gasteiger partial charge in [-0.25, -0.2) is 9.38 Å². The number of piperazine rings is 1. The SMILES string of the molecule is COc1ccc(CN=C(N)NCCCN2CCN(c3ccccc3F)CC2)cc1OC. The minimum absolute atomic E-state index is 0.150. The molecule has 0 aliphatic carbocycles. The molecule has 1 saturated heterocycles. The monoisotopic (exact) mass is 429 g/mol. The van der Waals surface area contributed by atoms with Crippen molar-refractivity contribution in [3.05, 3.63) is 53.8 Å². The topological polar surface area (TPSA) is 75.4 Å². The number of aliphatic imine (C=N–C) groups is 1. The minimum atomic E-state index is -0.150. The van der Waals surface area contributed by atoms with Gasteiger partial charge >= 0.3 is 0 Å². The quantitative estimate of drug-likeness (QED) is 0.362. The molecule has 168 valence electrons. The van der Waals surface area contributed by atoms with Gasteiger partial charge in [-0.05, 0) is 42.8 Å². The van der Waals surface area contributed by atoms with E-state index in [1.54, 1.807) is 20.3 Å². The molecule has 0 spiro atoms. The third kappa shape index (κ3) is 6.49. The van der Waals surface area contributed by atoms with E-state index >= 15 is 0 Å². The molecule has 0 amide bonds. The van der Waals surface area contributed by atoms with Gasteiger partial charge in [0.05, 0.1) is 26.5 Å². The van der Waals surface area contributed by atoms with Crippen LogP contribution in [-0.2, 0) is 6.54 Å². The third-order valence-electron chi connectivity index (χ3n) is 5.40. The molecule has 7 nitrogen and oxygen atoms in total. The number of nitrogens with one attached hydrogen (secondary N) is 1. The standard InChI is InChI=1S/C23H32FN5O2/c1-30-21-9-8-18(16-22(21)31-2)17-27-23(25)26-10-5-11-28-12-14-29(15-13-28)20-7-4-3-6-19(20)24/h3-4,6-9,16H,5,10-15,17H2,1-2H3,(H3,25,26,27). The molecule has 2 aromatic carbocycles. The van der Waals surface area contributed by atoms with Crippen LogP contribution < -0.4 is 25.4 Å². The lowest BCUT2D eigenvalue weighted by atomic mass is 10.2. The normalized spacial score (nSPS) is 15.1. The summed E-state index contributed by atoms with van der Waals surface area (Å²) in [4.78, 5) is 8.91. The molecule has 8 heteroatoms. The average Bonchev–Trinajstić information content (AvgIpc) is 2.81. The van der Waals surface area contributed by atoms with Gasteiger partial charge in [0.1, 0.15) is 5.82 Å². The maximum atomic E-state index is 13.9. The minimum Gasteiger partial charge on any atom is -0.493 e. The number of benzene rings is 2. The lowest BCUT2D eigenvalue weighted by molar-refractivity contribution is 0.254. The Morgan fingerprint density at radius 3 is 2.52 bits per heavy atom. The molecule has 3 N–H and O–H groups in total. The van der Waals surface area contributed by atoms with Crippen molar-refractivity contribution in [2.24, 2.45) is 10.7 Å². The van der Waals surface area contributed by atoms with Crippen LogP contribution in [0.4, 0.5) is 10.1 Å². The maximum absolute atomic E-state index is 13.9. The number of nitrogens with zero attached hydrogens (tertiary/aromatic N) is 3. The first-order valence-electron chi connectivity index (χ1n) is 10.6. The van der Waals surface area contributed by atoms with Crippen molar-refractivity contribution in [1.29, 1.82) is 0 Å². The van der Waals surface area contributed by atoms with E-state index in [2.05, 4.69) is 20.1 Å². The number of halogens is 1. The number of hydrogen-bond donors (Lipinski definition) is 2. The van der Waals surface area contributed by atoms with Gasteiger partial charge in [0, 0.05) is 32.7 Å². The molecular weight excluding hydrogens is 397 g/mol. The average molecular weight is 430 g/mol. The fourth-order valence-electron chi connectivity index (χ4n) is 3.65. The van der Waals surface area contributed by atoms with Crippen LogP contribution in [0.2, 0.25) is 0 Å². The Hall–Kier alpha value is -3.00. The molecule has 1 fully saturated rings. The predicted molar refractivity (Wildman–Crippen MR) is 123 cm³/mol. The smallest absolute Gasteiger partial charge is 0.188 e. The van der Waals surface area contributed by atoms with Crippen molar-refractivity contribution < 1.29 is 13.9 Å². The number of methoxy groups -OCH3 is 2. The molecule has 0 bridgehead atoms. The molecule has 0 saturated carbocycles. The van der Waals surface area contributed by atoms with E-state index in [1.165, 1.54) is 6.07 Å². The number of para-hydroxylation sites is 1. The van der Waals surface area contributed by atoms with Crippen molar-refractivity contribution in [3.63, 3.8) is 0 Å². The maximum Gasteiger partial charge on any atom is 0.188 e. The van der Waals surface area contributed by atoms with Gasteiger partial charge in [0.25, 0.3) is 0 Å². The van der Waals surface area contributed by atoms with E-state index in [1.807, 2.05) is 30.3 Å².